The van der Waals surface area contributed by atoms with Crippen LogP contribution < -0.4 is 16.0 Å². The Balaban J connectivity index is 2.03. The van der Waals surface area contributed by atoms with Crippen molar-refractivity contribution in [2.24, 2.45) is 0 Å². The van der Waals surface area contributed by atoms with Gasteiger partial charge in [0, 0.05) is 24.2 Å². The van der Waals surface area contributed by atoms with Crippen LogP contribution in [0.15, 0.2) is 48.5 Å². The average Bonchev–Trinajstić information content (AvgIpc) is 2.65. The predicted molar refractivity (Wildman–Crippen MR) is 110 cm³/mol. The van der Waals surface area contributed by atoms with Crippen LogP contribution in [0.1, 0.15) is 37.8 Å². The number of nitrogens with one attached hydrogen (secondary N) is 3. The Kier molecular flexibility index (Phi) is 7.58. The minimum atomic E-state index is -1.34. The molecule has 0 aliphatic carbocycles. The van der Waals surface area contributed by atoms with Gasteiger partial charge in [0.25, 0.3) is 11.8 Å². The van der Waals surface area contributed by atoms with Crippen molar-refractivity contribution >= 4 is 35.0 Å². The highest BCUT2D eigenvalue weighted by atomic mass is 35.5. The third-order valence-corrected chi connectivity index (χ3v) is 4.35. The summed E-state index contributed by atoms with van der Waals surface area (Å²) in [4.78, 5) is 36.5. The maximum atomic E-state index is 12.6. The van der Waals surface area contributed by atoms with Gasteiger partial charge in [-0.2, -0.15) is 0 Å². The third-order valence-electron chi connectivity index (χ3n) is 4.10. The fourth-order valence-electron chi connectivity index (χ4n) is 2.51. The molecular formula is C21H24ClN3O3. The molecule has 0 heterocycles. The van der Waals surface area contributed by atoms with Gasteiger partial charge >= 0.3 is 0 Å². The first-order valence-electron chi connectivity index (χ1n) is 8.96. The fraction of sp³-hybridized carbons (Fsp3) is 0.286. The van der Waals surface area contributed by atoms with E-state index in [0.717, 1.165) is 11.1 Å². The van der Waals surface area contributed by atoms with Gasteiger partial charge in [-0.05, 0) is 41.3 Å². The Morgan fingerprint density at radius 2 is 1.54 bits per heavy atom. The molecule has 2 rings (SSSR count). The second-order valence-electron chi connectivity index (χ2n) is 6.74. The molecule has 1 atom stereocenters. The number of carbonyl (C=O) groups excluding carboxylic acids is 3. The lowest BCUT2D eigenvalue weighted by Gasteiger charge is -2.18. The van der Waals surface area contributed by atoms with E-state index in [4.69, 9.17) is 11.6 Å². The zero-order valence-electron chi connectivity index (χ0n) is 16.1. The van der Waals surface area contributed by atoms with Crippen LogP contribution in [0.4, 0.5) is 5.69 Å². The highest BCUT2D eigenvalue weighted by Crippen LogP contribution is 2.17. The van der Waals surface area contributed by atoms with Gasteiger partial charge in [-0.25, -0.2) is 0 Å². The van der Waals surface area contributed by atoms with Crippen LogP contribution in [0.25, 0.3) is 0 Å². The standard InChI is InChI=1S/C21H24ClN3O3/c1-13(2)16-6-10-18(11-7-16)25-21(28)19(24-14(3)26)20(27)23-12-15-4-8-17(22)9-5-15/h4-11,13,19H,12H2,1-3H3,(H,23,27)(H,24,26)(H,25,28)/t19-/m1/s1. The lowest BCUT2D eigenvalue weighted by atomic mass is 10.0. The Hall–Kier alpha value is -2.86. The third kappa shape index (κ3) is 6.39. The molecule has 0 radical (unpaired) electrons. The van der Waals surface area contributed by atoms with E-state index in [-0.39, 0.29) is 6.54 Å². The zero-order valence-corrected chi connectivity index (χ0v) is 16.8. The first-order chi connectivity index (χ1) is 13.3. The topological polar surface area (TPSA) is 87.3 Å². The lowest BCUT2D eigenvalue weighted by Crippen LogP contribution is -2.52. The molecule has 0 unspecified atom stereocenters. The highest BCUT2D eigenvalue weighted by molar-refractivity contribution is 6.30. The summed E-state index contributed by atoms with van der Waals surface area (Å²) in [5.74, 6) is -1.31. The fourth-order valence-corrected chi connectivity index (χ4v) is 2.64. The van der Waals surface area contributed by atoms with Crippen LogP contribution >= 0.6 is 11.6 Å². The van der Waals surface area contributed by atoms with Crippen molar-refractivity contribution in [3.05, 3.63) is 64.7 Å². The van der Waals surface area contributed by atoms with Crippen LogP contribution in [0.5, 0.6) is 0 Å². The highest BCUT2D eigenvalue weighted by Gasteiger charge is 2.27. The van der Waals surface area contributed by atoms with Gasteiger partial charge < -0.3 is 16.0 Å². The van der Waals surface area contributed by atoms with Crippen molar-refractivity contribution in [1.82, 2.24) is 10.6 Å². The Morgan fingerprint density at radius 3 is 2.07 bits per heavy atom. The van der Waals surface area contributed by atoms with Crippen molar-refractivity contribution in [1.29, 1.82) is 0 Å². The van der Waals surface area contributed by atoms with Gasteiger partial charge in [-0.15, -0.1) is 0 Å². The average molecular weight is 402 g/mol. The summed E-state index contributed by atoms with van der Waals surface area (Å²) < 4.78 is 0. The second-order valence-corrected chi connectivity index (χ2v) is 7.18. The Morgan fingerprint density at radius 1 is 0.929 bits per heavy atom. The van der Waals surface area contributed by atoms with Crippen molar-refractivity contribution in [3.8, 4) is 0 Å². The molecule has 0 fully saturated rings. The number of amides is 3. The molecule has 0 aromatic heterocycles. The molecule has 6 nitrogen and oxygen atoms in total. The number of hydrogen-bond donors (Lipinski definition) is 3. The smallest absolute Gasteiger partial charge is 0.256 e. The summed E-state index contributed by atoms with van der Waals surface area (Å²) in [6.07, 6.45) is 0. The minimum Gasteiger partial charge on any atom is -0.350 e. The number of anilines is 1. The van der Waals surface area contributed by atoms with Crippen LogP contribution in [-0.4, -0.2) is 23.8 Å². The summed E-state index contributed by atoms with van der Waals surface area (Å²) >= 11 is 5.84. The quantitative estimate of drug-likeness (QED) is 0.622. The molecule has 0 spiro atoms. The molecule has 0 saturated carbocycles. The predicted octanol–water partition coefficient (Wildman–Crippen LogP) is 3.22. The number of hydrogen-bond acceptors (Lipinski definition) is 3. The van der Waals surface area contributed by atoms with Crippen molar-refractivity contribution in [2.75, 3.05) is 5.32 Å². The minimum absolute atomic E-state index is 0.211. The Labute approximate surface area is 169 Å². The van der Waals surface area contributed by atoms with Gasteiger partial charge in [0.2, 0.25) is 5.91 Å². The van der Waals surface area contributed by atoms with E-state index < -0.39 is 23.8 Å². The van der Waals surface area contributed by atoms with E-state index in [1.807, 2.05) is 12.1 Å². The number of rotatable bonds is 7. The summed E-state index contributed by atoms with van der Waals surface area (Å²) in [5.41, 5.74) is 2.51. The second kappa shape index (κ2) is 9.90. The molecular weight excluding hydrogens is 378 g/mol. The van der Waals surface area contributed by atoms with Gasteiger partial charge in [0.15, 0.2) is 6.04 Å². The first kappa shape index (κ1) is 21.4. The summed E-state index contributed by atoms with van der Waals surface area (Å²) in [6.45, 7) is 5.61. The summed E-state index contributed by atoms with van der Waals surface area (Å²) in [5, 5.41) is 8.31. The summed E-state index contributed by atoms with van der Waals surface area (Å²) in [7, 11) is 0. The molecule has 7 heteroatoms. The van der Waals surface area contributed by atoms with E-state index in [2.05, 4.69) is 29.8 Å². The molecule has 2 aromatic carbocycles. The van der Waals surface area contributed by atoms with Crippen molar-refractivity contribution in [2.45, 2.75) is 39.3 Å². The zero-order chi connectivity index (χ0) is 20.7. The molecule has 28 heavy (non-hydrogen) atoms. The van der Waals surface area contributed by atoms with E-state index in [0.29, 0.717) is 16.6 Å². The molecule has 0 aliphatic rings. The van der Waals surface area contributed by atoms with E-state index >= 15 is 0 Å². The number of benzene rings is 2. The molecule has 0 saturated heterocycles. The lowest BCUT2D eigenvalue weighted by molar-refractivity contribution is -0.134. The van der Waals surface area contributed by atoms with Gasteiger partial charge in [-0.3, -0.25) is 14.4 Å². The largest absolute Gasteiger partial charge is 0.350 e. The molecule has 3 amide bonds. The van der Waals surface area contributed by atoms with E-state index in [1.165, 1.54) is 6.92 Å². The molecule has 0 aliphatic heterocycles. The summed E-state index contributed by atoms with van der Waals surface area (Å²) in [6, 6.07) is 13.0. The molecule has 0 bridgehead atoms. The van der Waals surface area contributed by atoms with E-state index in [1.54, 1.807) is 36.4 Å². The van der Waals surface area contributed by atoms with Crippen molar-refractivity contribution in [3.63, 3.8) is 0 Å². The number of halogens is 1. The van der Waals surface area contributed by atoms with Gasteiger partial charge in [-0.1, -0.05) is 49.7 Å². The number of carbonyl (C=O) groups is 3. The van der Waals surface area contributed by atoms with Gasteiger partial charge in [0.1, 0.15) is 0 Å². The SMILES string of the molecule is CC(=O)N[C@H](C(=O)NCc1ccc(Cl)cc1)C(=O)Nc1ccc(C(C)C)cc1. The van der Waals surface area contributed by atoms with Crippen LogP contribution in [0, 0.1) is 0 Å². The first-order valence-corrected chi connectivity index (χ1v) is 9.34. The monoisotopic (exact) mass is 401 g/mol. The molecule has 148 valence electrons. The normalized spacial score (nSPS) is 11.6. The Bertz CT molecular complexity index is 833. The molecule has 2 aromatic rings. The van der Waals surface area contributed by atoms with Crippen LogP contribution in [-0.2, 0) is 20.9 Å². The van der Waals surface area contributed by atoms with Crippen LogP contribution in [0.3, 0.4) is 0 Å². The van der Waals surface area contributed by atoms with Gasteiger partial charge in [0.05, 0.1) is 0 Å². The van der Waals surface area contributed by atoms with E-state index in [9.17, 15) is 14.4 Å². The van der Waals surface area contributed by atoms with Crippen LogP contribution in [0.2, 0.25) is 5.02 Å². The maximum absolute atomic E-state index is 12.6. The molecule has 3 N–H and O–H groups in total. The maximum Gasteiger partial charge on any atom is 0.256 e. The van der Waals surface area contributed by atoms with Crippen molar-refractivity contribution < 1.29 is 14.4 Å².